The Morgan fingerprint density at radius 1 is 1.20 bits per heavy atom. The summed E-state index contributed by atoms with van der Waals surface area (Å²) < 4.78 is 14.4. The number of nitrogen functional groups attached to an aromatic ring is 1. The zero-order chi connectivity index (χ0) is 14.9. The number of halogens is 3. The number of anilines is 2. The van der Waals surface area contributed by atoms with Crippen LogP contribution in [0.4, 0.5) is 15.8 Å². The number of carbonyl (C=O) groups is 1. The quantitative estimate of drug-likeness (QED) is 0.728. The van der Waals surface area contributed by atoms with Crippen molar-refractivity contribution in [1.82, 2.24) is 0 Å². The Morgan fingerprint density at radius 3 is 2.50 bits per heavy atom. The van der Waals surface area contributed by atoms with Crippen molar-refractivity contribution in [3.05, 3.63) is 56.2 Å². The van der Waals surface area contributed by atoms with E-state index in [1.54, 1.807) is 6.07 Å². The zero-order valence-corrected chi connectivity index (χ0v) is 13.7. The molecule has 0 spiro atoms. The SMILES string of the molecule is Cc1cc(N)c(NC(=O)c2ccc(Br)c(F)c2)c(Br)c1. The minimum absolute atomic E-state index is 0.220. The number of hydrogen-bond donors (Lipinski definition) is 2. The average molecular weight is 402 g/mol. The van der Waals surface area contributed by atoms with Gasteiger partial charge in [0, 0.05) is 10.0 Å². The molecular weight excluding hydrogens is 391 g/mol. The maximum atomic E-state index is 13.4. The van der Waals surface area contributed by atoms with Gasteiger partial charge in [-0.1, -0.05) is 0 Å². The summed E-state index contributed by atoms with van der Waals surface area (Å²) in [4.78, 5) is 12.1. The van der Waals surface area contributed by atoms with E-state index in [2.05, 4.69) is 37.2 Å². The van der Waals surface area contributed by atoms with Gasteiger partial charge in [-0.15, -0.1) is 0 Å². The van der Waals surface area contributed by atoms with Crippen LogP contribution in [-0.2, 0) is 0 Å². The molecule has 0 saturated carbocycles. The summed E-state index contributed by atoms with van der Waals surface area (Å²) >= 11 is 6.39. The molecule has 0 unspecified atom stereocenters. The number of hydrogen-bond acceptors (Lipinski definition) is 2. The molecule has 0 saturated heterocycles. The normalized spacial score (nSPS) is 10.4. The number of amides is 1. The highest BCUT2D eigenvalue weighted by atomic mass is 79.9. The number of benzene rings is 2. The predicted octanol–water partition coefficient (Wildman–Crippen LogP) is 4.49. The Kier molecular flexibility index (Phi) is 4.45. The van der Waals surface area contributed by atoms with Crippen LogP contribution < -0.4 is 11.1 Å². The van der Waals surface area contributed by atoms with Crippen LogP contribution in [0.1, 0.15) is 15.9 Å². The van der Waals surface area contributed by atoms with E-state index in [0.717, 1.165) is 11.6 Å². The smallest absolute Gasteiger partial charge is 0.255 e. The van der Waals surface area contributed by atoms with Gasteiger partial charge < -0.3 is 11.1 Å². The van der Waals surface area contributed by atoms with Crippen molar-refractivity contribution in [3.8, 4) is 0 Å². The third-order valence-electron chi connectivity index (χ3n) is 2.69. The maximum Gasteiger partial charge on any atom is 0.255 e. The van der Waals surface area contributed by atoms with E-state index in [1.807, 2.05) is 13.0 Å². The molecular formula is C14H11Br2FN2O. The molecule has 0 bridgehead atoms. The van der Waals surface area contributed by atoms with Crippen molar-refractivity contribution in [3.63, 3.8) is 0 Å². The molecule has 2 aromatic carbocycles. The molecule has 0 aromatic heterocycles. The molecule has 0 radical (unpaired) electrons. The van der Waals surface area contributed by atoms with Gasteiger partial charge in [0.15, 0.2) is 0 Å². The van der Waals surface area contributed by atoms with E-state index >= 15 is 0 Å². The predicted molar refractivity (Wildman–Crippen MR) is 85.3 cm³/mol. The lowest BCUT2D eigenvalue weighted by atomic mass is 10.1. The van der Waals surface area contributed by atoms with Crippen molar-refractivity contribution in [2.45, 2.75) is 6.92 Å². The summed E-state index contributed by atoms with van der Waals surface area (Å²) in [5, 5.41) is 2.68. The van der Waals surface area contributed by atoms with Crippen molar-refractivity contribution >= 4 is 49.1 Å². The number of nitrogens with two attached hydrogens (primary N) is 1. The monoisotopic (exact) mass is 400 g/mol. The second-order valence-electron chi connectivity index (χ2n) is 4.29. The number of rotatable bonds is 2. The van der Waals surface area contributed by atoms with E-state index in [4.69, 9.17) is 5.73 Å². The number of aryl methyl sites for hydroxylation is 1. The van der Waals surface area contributed by atoms with E-state index < -0.39 is 11.7 Å². The first kappa shape index (κ1) is 15.0. The van der Waals surface area contributed by atoms with Gasteiger partial charge in [0.05, 0.1) is 15.8 Å². The summed E-state index contributed by atoms with van der Waals surface area (Å²) in [6.07, 6.45) is 0. The highest BCUT2D eigenvalue weighted by Crippen LogP contribution is 2.30. The molecule has 0 fully saturated rings. The van der Waals surface area contributed by atoms with Gasteiger partial charge in [-0.05, 0) is 74.7 Å². The fourth-order valence-electron chi connectivity index (χ4n) is 1.72. The van der Waals surface area contributed by atoms with Gasteiger partial charge in [-0.2, -0.15) is 0 Å². The summed E-state index contributed by atoms with van der Waals surface area (Å²) in [6.45, 7) is 1.90. The molecule has 2 aromatic rings. The highest BCUT2D eigenvalue weighted by molar-refractivity contribution is 9.10. The highest BCUT2D eigenvalue weighted by Gasteiger charge is 2.13. The van der Waals surface area contributed by atoms with Crippen LogP contribution in [0.3, 0.4) is 0 Å². The fourth-order valence-corrected chi connectivity index (χ4v) is 2.66. The largest absolute Gasteiger partial charge is 0.397 e. The minimum Gasteiger partial charge on any atom is -0.397 e. The standard InChI is InChI=1S/C14H11Br2FN2O/c1-7-4-10(16)13(12(18)5-7)19-14(20)8-2-3-9(15)11(17)6-8/h2-6H,18H2,1H3,(H,19,20). The van der Waals surface area contributed by atoms with Crippen molar-refractivity contribution in [2.75, 3.05) is 11.1 Å². The number of carbonyl (C=O) groups excluding carboxylic acids is 1. The Bertz CT molecular complexity index is 666. The van der Waals surface area contributed by atoms with Gasteiger partial charge in [0.2, 0.25) is 0 Å². The van der Waals surface area contributed by atoms with Crippen molar-refractivity contribution < 1.29 is 9.18 Å². The van der Waals surface area contributed by atoms with E-state index in [1.165, 1.54) is 12.1 Å². The van der Waals surface area contributed by atoms with E-state index in [9.17, 15) is 9.18 Å². The van der Waals surface area contributed by atoms with Crippen LogP contribution in [0.2, 0.25) is 0 Å². The van der Waals surface area contributed by atoms with Crippen LogP contribution in [0.5, 0.6) is 0 Å². The topological polar surface area (TPSA) is 55.1 Å². The molecule has 3 N–H and O–H groups in total. The molecule has 0 aliphatic carbocycles. The molecule has 6 heteroatoms. The van der Waals surface area contributed by atoms with E-state index in [0.29, 0.717) is 20.3 Å². The van der Waals surface area contributed by atoms with Crippen LogP contribution >= 0.6 is 31.9 Å². The second-order valence-corrected chi connectivity index (χ2v) is 6.00. The first-order valence-corrected chi connectivity index (χ1v) is 7.29. The molecule has 0 heterocycles. The van der Waals surface area contributed by atoms with E-state index in [-0.39, 0.29) is 5.56 Å². The Labute approximate surface area is 132 Å². The first-order chi connectivity index (χ1) is 9.38. The van der Waals surface area contributed by atoms with Crippen LogP contribution in [0, 0.1) is 12.7 Å². The third kappa shape index (κ3) is 3.19. The molecule has 0 aliphatic heterocycles. The zero-order valence-electron chi connectivity index (χ0n) is 10.5. The Hall–Kier alpha value is -1.40. The second kappa shape index (κ2) is 5.93. The maximum absolute atomic E-state index is 13.4. The summed E-state index contributed by atoms with van der Waals surface area (Å²) in [5.74, 6) is -0.916. The van der Waals surface area contributed by atoms with Gasteiger partial charge in [-0.25, -0.2) is 4.39 Å². The van der Waals surface area contributed by atoms with Crippen molar-refractivity contribution in [2.24, 2.45) is 0 Å². The molecule has 20 heavy (non-hydrogen) atoms. The lowest BCUT2D eigenvalue weighted by molar-refractivity contribution is 0.102. The van der Waals surface area contributed by atoms with Gasteiger partial charge in [-0.3, -0.25) is 4.79 Å². The average Bonchev–Trinajstić information content (AvgIpc) is 2.36. The number of nitrogens with one attached hydrogen (secondary N) is 1. The van der Waals surface area contributed by atoms with Crippen LogP contribution in [0.25, 0.3) is 0 Å². The van der Waals surface area contributed by atoms with Crippen LogP contribution in [-0.4, -0.2) is 5.91 Å². The molecule has 1 amide bonds. The summed E-state index contributed by atoms with van der Waals surface area (Å²) in [6, 6.07) is 7.77. The van der Waals surface area contributed by atoms with Gasteiger partial charge in [0.25, 0.3) is 5.91 Å². The van der Waals surface area contributed by atoms with Gasteiger partial charge >= 0.3 is 0 Å². The Balaban J connectivity index is 2.30. The first-order valence-electron chi connectivity index (χ1n) is 5.70. The van der Waals surface area contributed by atoms with Crippen molar-refractivity contribution in [1.29, 1.82) is 0 Å². The molecule has 104 valence electrons. The minimum atomic E-state index is -0.492. The van der Waals surface area contributed by atoms with Crippen LogP contribution in [0.15, 0.2) is 39.3 Å². The summed E-state index contributed by atoms with van der Waals surface area (Å²) in [7, 11) is 0. The summed E-state index contributed by atoms with van der Waals surface area (Å²) in [5.41, 5.74) is 7.99. The van der Waals surface area contributed by atoms with Gasteiger partial charge in [0.1, 0.15) is 5.82 Å². The third-order valence-corrected chi connectivity index (χ3v) is 3.95. The Morgan fingerprint density at radius 2 is 1.90 bits per heavy atom. The molecule has 0 atom stereocenters. The fraction of sp³-hybridized carbons (Fsp3) is 0.0714. The molecule has 2 rings (SSSR count). The molecule has 0 aliphatic rings. The lowest BCUT2D eigenvalue weighted by Crippen LogP contribution is -2.14. The molecule has 3 nitrogen and oxygen atoms in total. The lowest BCUT2D eigenvalue weighted by Gasteiger charge is -2.11.